The van der Waals surface area contributed by atoms with Crippen LogP contribution < -0.4 is 10.6 Å². The lowest BCUT2D eigenvalue weighted by Crippen LogP contribution is -2.29. The number of nitrogens with zero attached hydrogens (tertiary/aromatic N) is 1. The highest BCUT2D eigenvalue weighted by Gasteiger charge is 2.47. The van der Waals surface area contributed by atoms with Gasteiger partial charge in [0.05, 0.1) is 16.6 Å². The molecule has 6 rings (SSSR count). The smallest absolute Gasteiger partial charge is 0.0886 e. The van der Waals surface area contributed by atoms with Gasteiger partial charge >= 0.3 is 0 Å². The van der Waals surface area contributed by atoms with Crippen molar-refractivity contribution in [2.75, 3.05) is 0 Å². The zero-order valence-electron chi connectivity index (χ0n) is 18.5. The van der Waals surface area contributed by atoms with Crippen LogP contribution in [0.1, 0.15) is 29.3 Å². The third-order valence-electron chi connectivity index (χ3n) is 6.88. The molecule has 1 N–H and O–H groups in total. The van der Waals surface area contributed by atoms with E-state index in [4.69, 9.17) is 4.98 Å². The topological polar surface area (TPSA) is 28.7 Å². The predicted molar refractivity (Wildman–Crippen MR) is 137 cm³/mol. The highest BCUT2D eigenvalue weighted by Crippen LogP contribution is 2.56. The fourth-order valence-corrected chi connectivity index (χ4v) is 5.60. The number of hydrogen-bond donors (Lipinski definition) is 1. The van der Waals surface area contributed by atoms with E-state index in [0.29, 0.717) is 0 Å². The van der Waals surface area contributed by atoms with Crippen molar-refractivity contribution in [3.8, 4) is 11.1 Å². The van der Waals surface area contributed by atoms with E-state index in [2.05, 4.69) is 110 Å². The van der Waals surface area contributed by atoms with Gasteiger partial charge in [-0.05, 0) is 41.3 Å². The molecule has 0 aliphatic heterocycles. The molecule has 0 amide bonds. The molecule has 2 nitrogen and oxygen atoms in total. The Bertz CT molecular complexity index is 1580. The molecule has 3 aromatic carbocycles. The molecular formula is C31H24N2. The number of H-pyrrole nitrogens is 1. The van der Waals surface area contributed by atoms with E-state index >= 15 is 0 Å². The summed E-state index contributed by atoms with van der Waals surface area (Å²) < 4.78 is 0. The number of rotatable bonds is 3. The van der Waals surface area contributed by atoms with Crippen LogP contribution in [0, 0.1) is 0 Å². The van der Waals surface area contributed by atoms with E-state index in [1.165, 1.54) is 38.4 Å². The molecular weight excluding hydrogens is 400 g/mol. The lowest BCUT2D eigenvalue weighted by atomic mass is 9.70. The Morgan fingerprint density at radius 2 is 1.64 bits per heavy atom. The first kappa shape index (κ1) is 19.5. The van der Waals surface area contributed by atoms with E-state index in [9.17, 15) is 0 Å². The maximum atomic E-state index is 4.92. The molecule has 1 aliphatic rings. The summed E-state index contributed by atoms with van der Waals surface area (Å²) in [4.78, 5) is 8.65. The zero-order chi connectivity index (χ0) is 22.4. The number of aromatic nitrogens is 2. The maximum absolute atomic E-state index is 4.92. The first-order chi connectivity index (χ1) is 16.3. The van der Waals surface area contributed by atoms with Crippen LogP contribution in [0.4, 0.5) is 0 Å². The number of benzene rings is 3. The second kappa shape index (κ2) is 7.46. The van der Waals surface area contributed by atoms with Gasteiger partial charge in [0.25, 0.3) is 0 Å². The molecule has 2 heteroatoms. The second-order valence-corrected chi connectivity index (χ2v) is 8.43. The summed E-state index contributed by atoms with van der Waals surface area (Å²) in [7, 11) is 0. The largest absolute Gasteiger partial charge is 0.354 e. The van der Waals surface area contributed by atoms with E-state index in [1.807, 2.05) is 18.3 Å². The van der Waals surface area contributed by atoms with Crippen LogP contribution in [0.15, 0.2) is 104 Å². The highest BCUT2D eigenvalue weighted by molar-refractivity contribution is 6.02. The Balaban J connectivity index is 1.86. The molecule has 5 aromatic rings. The average Bonchev–Trinajstić information content (AvgIpc) is 3.39. The summed E-state index contributed by atoms with van der Waals surface area (Å²) in [6.45, 7) is 6.01. The Morgan fingerprint density at radius 1 is 0.848 bits per heavy atom. The van der Waals surface area contributed by atoms with Crippen molar-refractivity contribution >= 4 is 23.1 Å². The van der Waals surface area contributed by atoms with Crippen LogP contribution in [-0.4, -0.2) is 9.97 Å². The third kappa shape index (κ3) is 2.58. The van der Waals surface area contributed by atoms with Crippen LogP contribution in [0.5, 0.6) is 0 Å². The molecule has 1 aliphatic carbocycles. The van der Waals surface area contributed by atoms with Crippen molar-refractivity contribution in [2.24, 2.45) is 0 Å². The normalized spacial score (nSPS) is 17.8. The summed E-state index contributed by atoms with van der Waals surface area (Å²) in [5, 5.41) is 3.50. The van der Waals surface area contributed by atoms with Gasteiger partial charge in [-0.2, -0.15) is 0 Å². The number of fused-ring (bicyclic) bond motifs is 5. The van der Waals surface area contributed by atoms with E-state index in [1.54, 1.807) is 0 Å². The quantitative estimate of drug-likeness (QED) is 0.388. The monoisotopic (exact) mass is 424 g/mol. The molecule has 2 heterocycles. The van der Waals surface area contributed by atoms with Gasteiger partial charge in [-0.3, -0.25) is 4.98 Å². The van der Waals surface area contributed by atoms with Crippen molar-refractivity contribution in [3.63, 3.8) is 0 Å². The van der Waals surface area contributed by atoms with Crippen molar-refractivity contribution in [3.05, 3.63) is 137 Å². The molecule has 158 valence electrons. The van der Waals surface area contributed by atoms with Gasteiger partial charge in [-0.25, -0.2) is 0 Å². The van der Waals surface area contributed by atoms with Gasteiger partial charge < -0.3 is 4.98 Å². The van der Waals surface area contributed by atoms with Crippen LogP contribution in [0.25, 0.3) is 34.2 Å². The number of nitrogens with one attached hydrogen (secondary N) is 1. The van der Waals surface area contributed by atoms with Crippen molar-refractivity contribution in [1.82, 2.24) is 9.97 Å². The van der Waals surface area contributed by atoms with Crippen molar-refractivity contribution in [1.29, 1.82) is 0 Å². The minimum absolute atomic E-state index is 0.480. The molecule has 0 spiro atoms. The molecule has 0 saturated heterocycles. The molecule has 1 unspecified atom stereocenters. The van der Waals surface area contributed by atoms with Crippen LogP contribution in [0.2, 0.25) is 0 Å². The molecule has 0 radical (unpaired) electrons. The summed E-state index contributed by atoms with van der Waals surface area (Å²) in [5.74, 6) is 0. The van der Waals surface area contributed by atoms with Gasteiger partial charge in [0.1, 0.15) is 0 Å². The van der Waals surface area contributed by atoms with Gasteiger partial charge in [0.15, 0.2) is 0 Å². The Morgan fingerprint density at radius 3 is 2.39 bits per heavy atom. The molecule has 0 fully saturated rings. The Kier molecular flexibility index (Phi) is 4.41. The van der Waals surface area contributed by atoms with E-state index in [0.717, 1.165) is 16.6 Å². The summed E-state index contributed by atoms with van der Waals surface area (Å²) >= 11 is 0. The van der Waals surface area contributed by atoms with E-state index < -0.39 is 5.41 Å². The van der Waals surface area contributed by atoms with Crippen molar-refractivity contribution < 1.29 is 0 Å². The zero-order valence-corrected chi connectivity index (χ0v) is 18.5. The molecule has 1 atom stereocenters. The third-order valence-corrected chi connectivity index (χ3v) is 6.88. The number of hydrogen-bond acceptors (Lipinski definition) is 1. The molecule has 0 saturated carbocycles. The molecule has 0 bridgehead atoms. The Labute approximate surface area is 193 Å². The SMILES string of the molecule is C=C/C=c1\c(=C/C)[nH]c2c3c(ccc12)C(c1ccccc1)(c1ccccn1)c1ccccc1-3. The average molecular weight is 425 g/mol. The minimum Gasteiger partial charge on any atom is -0.354 e. The number of allylic oxidation sites excluding steroid dienone is 1. The summed E-state index contributed by atoms with van der Waals surface area (Å²) in [6.07, 6.45) is 7.98. The van der Waals surface area contributed by atoms with E-state index in [-0.39, 0.29) is 0 Å². The first-order valence-corrected chi connectivity index (χ1v) is 11.3. The van der Waals surface area contributed by atoms with Crippen molar-refractivity contribution in [2.45, 2.75) is 12.3 Å². The summed E-state index contributed by atoms with van der Waals surface area (Å²) in [5.41, 5.74) is 7.97. The van der Waals surface area contributed by atoms with Crippen LogP contribution in [0.3, 0.4) is 0 Å². The fourth-order valence-electron chi connectivity index (χ4n) is 5.60. The lowest BCUT2D eigenvalue weighted by molar-refractivity contribution is 0.735. The standard InChI is InChI=1S/C31H24N2/c1-3-12-22-23-18-19-26-29(30(23)33-27(22)4-2)24-15-8-9-16-25(24)31(26,21-13-6-5-7-14-21)28-17-10-11-20-32-28/h3-20,33H,1H2,2H3/b22-12-,27-4+. The number of pyridine rings is 1. The first-order valence-electron chi connectivity index (χ1n) is 11.3. The van der Waals surface area contributed by atoms with Gasteiger partial charge in [0, 0.05) is 27.7 Å². The fraction of sp³-hybridized carbons (Fsp3) is 0.0645. The second-order valence-electron chi connectivity index (χ2n) is 8.43. The van der Waals surface area contributed by atoms with Gasteiger partial charge in [-0.15, -0.1) is 0 Å². The lowest BCUT2D eigenvalue weighted by Gasteiger charge is -2.32. The van der Waals surface area contributed by atoms with Gasteiger partial charge in [0.2, 0.25) is 0 Å². The molecule has 2 aromatic heterocycles. The summed E-state index contributed by atoms with van der Waals surface area (Å²) in [6, 6.07) is 30.3. The van der Waals surface area contributed by atoms with Crippen LogP contribution in [-0.2, 0) is 5.41 Å². The maximum Gasteiger partial charge on any atom is 0.0886 e. The highest BCUT2D eigenvalue weighted by atomic mass is 14.7. The predicted octanol–water partition coefficient (Wildman–Crippen LogP) is 5.69. The number of aromatic amines is 1. The minimum atomic E-state index is -0.480. The Hall–Kier alpha value is -4.17. The molecule has 33 heavy (non-hydrogen) atoms. The van der Waals surface area contributed by atoms with Gasteiger partial charge in [-0.1, -0.05) is 97.6 Å². The van der Waals surface area contributed by atoms with Crippen LogP contribution >= 0.6 is 0 Å².